The van der Waals surface area contributed by atoms with Crippen LogP contribution in [-0.4, -0.2) is 48.8 Å². The molecule has 1 aromatic carbocycles. The Balaban J connectivity index is 1.30. The van der Waals surface area contributed by atoms with E-state index in [0.717, 1.165) is 35.2 Å². The van der Waals surface area contributed by atoms with Gasteiger partial charge in [0.1, 0.15) is 5.69 Å². The van der Waals surface area contributed by atoms with Crippen LogP contribution in [0.2, 0.25) is 0 Å². The van der Waals surface area contributed by atoms with E-state index in [1.165, 1.54) is 0 Å². The fourth-order valence-corrected chi connectivity index (χ4v) is 4.23. The van der Waals surface area contributed by atoms with Gasteiger partial charge in [0.15, 0.2) is 5.82 Å². The number of benzene rings is 1. The molecule has 172 valence electrons. The monoisotopic (exact) mass is 454 g/mol. The number of likely N-dealkylation sites (tertiary alicyclic amines) is 1. The topological polar surface area (TPSA) is 89.9 Å². The van der Waals surface area contributed by atoms with Gasteiger partial charge in [0.25, 0.3) is 0 Å². The van der Waals surface area contributed by atoms with Gasteiger partial charge in [0.05, 0.1) is 6.54 Å². The average molecular weight is 455 g/mol. The predicted octanol–water partition coefficient (Wildman–Crippen LogP) is 4.10. The Kier molecular flexibility index (Phi) is 6.29. The molecular formula is C26H26N6O2. The summed E-state index contributed by atoms with van der Waals surface area (Å²) in [6.07, 6.45) is 10.6. The van der Waals surface area contributed by atoms with E-state index in [9.17, 15) is 4.79 Å². The summed E-state index contributed by atoms with van der Waals surface area (Å²) in [6, 6.07) is 14.0. The quantitative estimate of drug-likeness (QED) is 0.408. The fourth-order valence-electron chi connectivity index (χ4n) is 4.23. The number of hydrogen-bond acceptors (Lipinski definition) is 6. The first-order chi connectivity index (χ1) is 16.7. The van der Waals surface area contributed by atoms with Crippen LogP contribution in [0, 0.1) is 6.92 Å². The third kappa shape index (κ3) is 4.96. The molecule has 0 radical (unpaired) electrons. The van der Waals surface area contributed by atoms with E-state index in [1.54, 1.807) is 18.5 Å². The number of nitrogens with zero attached hydrogens (tertiary/aromatic N) is 6. The van der Waals surface area contributed by atoms with Crippen molar-refractivity contribution in [1.29, 1.82) is 0 Å². The Labute approximate surface area is 197 Å². The highest BCUT2D eigenvalue weighted by atomic mass is 16.5. The average Bonchev–Trinajstić information content (AvgIpc) is 3.50. The number of aryl methyl sites for hydroxylation is 1. The van der Waals surface area contributed by atoms with E-state index in [1.807, 2.05) is 59.1 Å². The maximum Gasteiger partial charge on any atom is 0.246 e. The smallest absolute Gasteiger partial charge is 0.246 e. The van der Waals surface area contributed by atoms with Gasteiger partial charge in [0.2, 0.25) is 11.8 Å². The second-order valence-corrected chi connectivity index (χ2v) is 8.47. The number of carbonyl (C=O) groups excluding carboxylic acids is 1. The number of rotatable bonds is 6. The van der Waals surface area contributed by atoms with Crippen molar-refractivity contribution in [3.05, 3.63) is 90.0 Å². The second-order valence-electron chi connectivity index (χ2n) is 8.47. The Hall–Kier alpha value is -4.07. The molecule has 0 bridgehead atoms. The molecule has 0 N–H and O–H groups in total. The van der Waals surface area contributed by atoms with Crippen LogP contribution in [0.15, 0.2) is 71.7 Å². The normalized spacial score (nSPS) is 14.7. The summed E-state index contributed by atoms with van der Waals surface area (Å²) in [4.78, 5) is 23.4. The van der Waals surface area contributed by atoms with Crippen LogP contribution in [0.1, 0.15) is 41.6 Å². The van der Waals surface area contributed by atoms with E-state index in [2.05, 4.69) is 27.3 Å². The van der Waals surface area contributed by atoms with Gasteiger partial charge in [-0.2, -0.15) is 10.1 Å². The molecule has 0 saturated carbocycles. The molecule has 3 aromatic heterocycles. The molecule has 1 aliphatic heterocycles. The maximum atomic E-state index is 12.9. The van der Waals surface area contributed by atoms with Gasteiger partial charge in [-0.05, 0) is 43.5 Å². The minimum absolute atomic E-state index is 0.00638. The lowest BCUT2D eigenvalue weighted by Crippen LogP contribution is -2.36. The van der Waals surface area contributed by atoms with Gasteiger partial charge >= 0.3 is 0 Å². The van der Waals surface area contributed by atoms with Gasteiger partial charge in [-0.1, -0.05) is 35.5 Å². The number of aromatic nitrogens is 5. The zero-order valence-corrected chi connectivity index (χ0v) is 19.0. The first-order valence-electron chi connectivity index (χ1n) is 11.4. The van der Waals surface area contributed by atoms with Gasteiger partial charge < -0.3 is 9.42 Å². The lowest BCUT2D eigenvalue weighted by atomic mass is 9.96. The summed E-state index contributed by atoms with van der Waals surface area (Å²) < 4.78 is 7.21. The minimum Gasteiger partial charge on any atom is -0.339 e. The summed E-state index contributed by atoms with van der Waals surface area (Å²) in [6.45, 7) is 3.80. The van der Waals surface area contributed by atoms with E-state index in [-0.39, 0.29) is 11.8 Å². The highest BCUT2D eigenvalue weighted by Gasteiger charge is 2.26. The molecule has 1 aliphatic rings. The molecule has 0 unspecified atom stereocenters. The fraction of sp³-hybridized carbons (Fsp3) is 0.269. The predicted molar refractivity (Wildman–Crippen MR) is 128 cm³/mol. The Morgan fingerprint density at radius 3 is 2.68 bits per heavy atom. The molecule has 8 heteroatoms. The summed E-state index contributed by atoms with van der Waals surface area (Å²) in [5.41, 5.74) is 3.76. The van der Waals surface area contributed by atoms with Crippen LogP contribution in [0.25, 0.3) is 17.3 Å². The lowest BCUT2D eigenvalue weighted by Gasteiger charge is -2.29. The third-order valence-corrected chi connectivity index (χ3v) is 6.02. The van der Waals surface area contributed by atoms with E-state index >= 15 is 0 Å². The molecule has 1 amide bonds. The zero-order valence-electron chi connectivity index (χ0n) is 19.0. The molecule has 8 nitrogen and oxygen atoms in total. The van der Waals surface area contributed by atoms with Crippen LogP contribution in [0.3, 0.4) is 0 Å². The number of pyridine rings is 1. The van der Waals surface area contributed by atoms with E-state index in [0.29, 0.717) is 31.3 Å². The molecule has 1 saturated heterocycles. The largest absolute Gasteiger partial charge is 0.339 e. The number of piperidine rings is 1. The van der Waals surface area contributed by atoms with Gasteiger partial charge in [-0.15, -0.1) is 0 Å². The SMILES string of the molecule is Cc1noc(C2CCN(C(=O)/C=C/c3cn(Cc4ccccc4)nc3-c3cccnc3)CC2)n1. The second kappa shape index (κ2) is 9.82. The van der Waals surface area contributed by atoms with Crippen LogP contribution in [0.5, 0.6) is 0 Å². The van der Waals surface area contributed by atoms with Crippen molar-refractivity contribution in [2.75, 3.05) is 13.1 Å². The number of amides is 1. The minimum atomic E-state index is -0.00638. The molecule has 0 atom stereocenters. The third-order valence-electron chi connectivity index (χ3n) is 6.02. The Morgan fingerprint density at radius 2 is 1.97 bits per heavy atom. The van der Waals surface area contributed by atoms with Gasteiger partial charge in [-0.25, -0.2) is 0 Å². The van der Waals surface area contributed by atoms with Crippen LogP contribution >= 0.6 is 0 Å². The van der Waals surface area contributed by atoms with Crippen molar-refractivity contribution >= 4 is 12.0 Å². The Morgan fingerprint density at radius 1 is 1.15 bits per heavy atom. The van der Waals surface area contributed by atoms with Crippen LogP contribution in [0.4, 0.5) is 0 Å². The summed E-state index contributed by atoms with van der Waals surface area (Å²) >= 11 is 0. The molecule has 0 aliphatic carbocycles. The van der Waals surface area contributed by atoms with Crippen molar-refractivity contribution in [2.45, 2.75) is 32.2 Å². The summed E-state index contributed by atoms with van der Waals surface area (Å²) in [5, 5.41) is 8.67. The van der Waals surface area contributed by atoms with Gasteiger partial charge in [0, 0.05) is 54.8 Å². The first kappa shape index (κ1) is 21.8. The van der Waals surface area contributed by atoms with Crippen molar-refractivity contribution in [2.24, 2.45) is 0 Å². The molecular weight excluding hydrogens is 428 g/mol. The van der Waals surface area contributed by atoms with Crippen LogP contribution in [-0.2, 0) is 11.3 Å². The van der Waals surface area contributed by atoms with Crippen molar-refractivity contribution in [3.8, 4) is 11.3 Å². The molecule has 4 aromatic rings. The van der Waals surface area contributed by atoms with Gasteiger partial charge in [-0.3, -0.25) is 14.5 Å². The molecule has 1 fully saturated rings. The number of hydrogen-bond donors (Lipinski definition) is 0. The standard InChI is InChI=1S/C26H26N6O2/c1-19-28-26(34-30-19)21-11-14-31(15-12-21)24(33)10-9-23-18-32(17-20-6-3-2-4-7-20)29-25(23)22-8-5-13-27-16-22/h2-10,13,16,18,21H,11-12,14-15,17H2,1H3/b10-9+. The summed E-state index contributed by atoms with van der Waals surface area (Å²) in [5.74, 6) is 1.52. The molecule has 5 rings (SSSR count). The van der Waals surface area contributed by atoms with Crippen molar-refractivity contribution in [3.63, 3.8) is 0 Å². The number of carbonyl (C=O) groups is 1. The van der Waals surface area contributed by atoms with Crippen molar-refractivity contribution < 1.29 is 9.32 Å². The first-order valence-corrected chi connectivity index (χ1v) is 11.4. The van der Waals surface area contributed by atoms with E-state index < -0.39 is 0 Å². The van der Waals surface area contributed by atoms with E-state index in [4.69, 9.17) is 9.62 Å². The highest BCUT2D eigenvalue weighted by molar-refractivity contribution is 5.92. The maximum absolute atomic E-state index is 12.9. The Bertz CT molecular complexity index is 1270. The summed E-state index contributed by atoms with van der Waals surface area (Å²) in [7, 11) is 0. The zero-order chi connectivity index (χ0) is 23.3. The van der Waals surface area contributed by atoms with Crippen LogP contribution < -0.4 is 0 Å². The highest BCUT2D eigenvalue weighted by Crippen LogP contribution is 2.27. The molecule has 4 heterocycles. The van der Waals surface area contributed by atoms with Crippen molar-refractivity contribution in [1.82, 2.24) is 29.8 Å². The molecule has 34 heavy (non-hydrogen) atoms. The lowest BCUT2D eigenvalue weighted by molar-refractivity contribution is -0.127. The molecule has 0 spiro atoms.